The standard InChI is InChI=1S/C13H28N2O2S2/c1-5-15(19(4,16)17)8-6-7-14-12-9-13(2,3)11-18-10-12/h12,14H,5-11H2,1-4H3. The summed E-state index contributed by atoms with van der Waals surface area (Å²) in [6.07, 6.45) is 3.37. The summed E-state index contributed by atoms with van der Waals surface area (Å²) < 4.78 is 24.4. The van der Waals surface area contributed by atoms with Gasteiger partial charge in [-0.25, -0.2) is 12.7 Å². The van der Waals surface area contributed by atoms with E-state index in [1.807, 2.05) is 18.7 Å². The summed E-state index contributed by atoms with van der Waals surface area (Å²) in [6.45, 7) is 8.59. The molecule has 0 spiro atoms. The molecule has 0 bridgehead atoms. The van der Waals surface area contributed by atoms with Crippen LogP contribution in [-0.4, -0.2) is 56.2 Å². The second kappa shape index (κ2) is 7.29. The molecule has 1 atom stereocenters. The van der Waals surface area contributed by atoms with Crippen molar-refractivity contribution in [3.8, 4) is 0 Å². The first-order valence-electron chi connectivity index (χ1n) is 7.01. The van der Waals surface area contributed by atoms with Gasteiger partial charge in [-0.1, -0.05) is 20.8 Å². The monoisotopic (exact) mass is 308 g/mol. The van der Waals surface area contributed by atoms with Gasteiger partial charge in [-0.15, -0.1) is 0 Å². The molecule has 1 saturated heterocycles. The fraction of sp³-hybridized carbons (Fsp3) is 1.00. The molecule has 0 saturated carbocycles. The molecule has 0 aromatic heterocycles. The van der Waals surface area contributed by atoms with E-state index >= 15 is 0 Å². The van der Waals surface area contributed by atoms with Crippen molar-refractivity contribution in [1.29, 1.82) is 0 Å². The zero-order valence-electron chi connectivity index (χ0n) is 12.6. The molecule has 1 heterocycles. The third kappa shape index (κ3) is 6.47. The van der Waals surface area contributed by atoms with Gasteiger partial charge in [0, 0.05) is 24.9 Å². The molecule has 19 heavy (non-hydrogen) atoms. The molecule has 0 radical (unpaired) electrons. The highest BCUT2D eigenvalue weighted by atomic mass is 32.2. The van der Waals surface area contributed by atoms with Gasteiger partial charge in [0.25, 0.3) is 0 Å². The van der Waals surface area contributed by atoms with Gasteiger partial charge in [0.05, 0.1) is 6.26 Å². The molecule has 6 heteroatoms. The SMILES string of the molecule is CCN(CCCNC1CSCC(C)(C)C1)S(C)(=O)=O. The van der Waals surface area contributed by atoms with Crippen molar-refractivity contribution < 1.29 is 8.42 Å². The van der Waals surface area contributed by atoms with Crippen molar-refractivity contribution in [3.63, 3.8) is 0 Å². The number of thioether (sulfide) groups is 1. The highest BCUT2D eigenvalue weighted by molar-refractivity contribution is 7.99. The van der Waals surface area contributed by atoms with Crippen LogP contribution in [0.1, 0.15) is 33.6 Å². The maximum absolute atomic E-state index is 11.4. The van der Waals surface area contributed by atoms with Crippen molar-refractivity contribution in [3.05, 3.63) is 0 Å². The molecule has 1 unspecified atom stereocenters. The van der Waals surface area contributed by atoms with Gasteiger partial charge >= 0.3 is 0 Å². The Labute approximate surface area is 122 Å². The van der Waals surface area contributed by atoms with E-state index in [9.17, 15) is 8.42 Å². The highest BCUT2D eigenvalue weighted by Crippen LogP contribution is 2.33. The number of nitrogens with one attached hydrogen (secondary N) is 1. The molecule has 0 aromatic carbocycles. The maximum atomic E-state index is 11.4. The Balaban J connectivity index is 2.24. The molecule has 1 rings (SSSR count). The molecule has 1 aliphatic heterocycles. The molecule has 1 aliphatic rings. The Kier molecular flexibility index (Phi) is 6.63. The zero-order valence-corrected chi connectivity index (χ0v) is 14.2. The lowest BCUT2D eigenvalue weighted by Crippen LogP contribution is -2.41. The van der Waals surface area contributed by atoms with Crippen LogP contribution in [0.25, 0.3) is 0 Å². The lowest BCUT2D eigenvalue weighted by Gasteiger charge is -2.35. The summed E-state index contributed by atoms with van der Waals surface area (Å²) in [6, 6.07) is 0.571. The van der Waals surface area contributed by atoms with Gasteiger partial charge in [0.15, 0.2) is 0 Å². The molecule has 0 aliphatic carbocycles. The molecule has 4 nitrogen and oxygen atoms in total. The Morgan fingerprint density at radius 2 is 2.11 bits per heavy atom. The van der Waals surface area contributed by atoms with E-state index in [-0.39, 0.29) is 0 Å². The quantitative estimate of drug-likeness (QED) is 0.728. The van der Waals surface area contributed by atoms with Crippen LogP contribution in [0.5, 0.6) is 0 Å². The van der Waals surface area contributed by atoms with Crippen LogP contribution in [0.15, 0.2) is 0 Å². The molecular weight excluding hydrogens is 280 g/mol. The van der Waals surface area contributed by atoms with Crippen molar-refractivity contribution in [2.24, 2.45) is 5.41 Å². The van der Waals surface area contributed by atoms with Gasteiger partial charge < -0.3 is 5.32 Å². The summed E-state index contributed by atoms with van der Waals surface area (Å²) in [5.41, 5.74) is 0.419. The van der Waals surface area contributed by atoms with E-state index in [1.54, 1.807) is 0 Å². The number of nitrogens with zero attached hydrogens (tertiary/aromatic N) is 1. The van der Waals surface area contributed by atoms with Crippen molar-refractivity contribution >= 4 is 21.8 Å². The normalized spacial score (nSPS) is 23.7. The molecule has 0 amide bonds. The second-order valence-corrected chi connectivity index (χ2v) is 9.16. The van der Waals surface area contributed by atoms with Crippen molar-refractivity contribution in [2.45, 2.75) is 39.7 Å². The van der Waals surface area contributed by atoms with Gasteiger partial charge in [0.2, 0.25) is 10.0 Å². The van der Waals surface area contributed by atoms with E-state index in [2.05, 4.69) is 19.2 Å². The lowest BCUT2D eigenvalue weighted by molar-refractivity contribution is 0.314. The third-order valence-corrected chi connectivity index (χ3v) is 6.45. The van der Waals surface area contributed by atoms with Crippen molar-refractivity contribution in [1.82, 2.24) is 9.62 Å². The smallest absolute Gasteiger partial charge is 0.211 e. The van der Waals surface area contributed by atoms with E-state index in [0.29, 0.717) is 24.5 Å². The summed E-state index contributed by atoms with van der Waals surface area (Å²) in [5, 5.41) is 3.57. The Morgan fingerprint density at radius 1 is 1.42 bits per heavy atom. The molecule has 0 aromatic rings. The van der Waals surface area contributed by atoms with Crippen LogP contribution in [0.3, 0.4) is 0 Å². The maximum Gasteiger partial charge on any atom is 0.211 e. The fourth-order valence-electron chi connectivity index (χ4n) is 2.51. The predicted molar refractivity (Wildman–Crippen MR) is 84.2 cm³/mol. The van der Waals surface area contributed by atoms with Crippen LogP contribution in [0.2, 0.25) is 0 Å². The average molecular weight is 309 g/mol. The Morgan fingerprint density at radius 3 is 2.63 bits per heavy atom. The van der Waals surface area contributed by atoms with Gasteiger partial charge in [-0.05, 0) is 30.6 Å². The summed E-state index contributed by atoms with van der Waals surface area (Å²) in [5.74, 6) is 2.41. The summed E-state index contributed by atoms with van der Waals surface area (Å²) in [7, 11) is -3.04. The molecule has 114 valence electrons. The van der Waals surface area contributed by atoms with Crippen LogP contribution in [0.4, 0.5) is 0 Å². The van der Waals surface area contributed by atoms with Gasteiger partial charge in [-0.3, -0.25) is 0 Å². The van der Waals surface area contributed by atoms with Crippen LogP contribution < -0.4 is 5.32 Å². The van der Waals surface area contributed by atoms with E-state index in [4.69, 9.17) is 0 Å². The largest absolute Gasteiger partial charge is 0.313 e. The van der Waals surface area contributed by atoms with Gasteiger partial charge in [0.1, 0.15) is 0 Å². The molecule has 1 fully saturated rings. The van der Waals surface area contributed by atoms with E-state index in [1.165, 1.54) is 28.5 Å². The van der Waals surface area contributed by atoms with Crippen LogP contribution >= 0.6 is 11.8 Å². The average Bonchev–Trinajstić information content (AvgIpc) is 2.26. The first kappa shape index (κ1) is 17.3. The number of sulfonamides is 1. The first-order valence-corrected chi connectivity index (χ1v) is 10.0. The van der Waals surface area contributed by atoms with Crippen LogP contribution in [0, 0.1) is 5.41 Å². The topological polar surface area (TPSA) is 49.4 Å². The third-order valence-electron chi connectivity index (χ3n) is 3.45. The predicted octanol–water partition coefficient (Wildman–Crippen LogP) is 1.78. The Hall–Kier alpha value is 0.220. The Bertz CT molecular complexity index is 369. The zero-order chi connectivity index (χ0) is 14.5. The number of rotatable bonds is 7. The first-order chi connectivity index (χ1) is 8.74. The summed E-state index contributed by atoms with van der Waals surface area (Å²) in [4.78, 5) is 0. The number of hydrogen-bond donors (Lipinski definition) is 1. The molecular formula is C13H28N2O2S2. The van der Waals surface area contributed by atoms with Gasteiger partial charge in [-0.2, -0.15) is 11.8 Å². The number of hydrogen-bond acceptors (Lipinski definition) is 4. The fourth-order valence-corrected chi connectivity index (χ4v) is 4.75. The molecule has 1 N–H and O–H groups in total. The van der Waals surface area contributed by atoms with Crippen molar-refractivity contribution in [2.75, 3.05) is 37.4 Å². The summed E-state index contributed by atoms with van der Waals surface area (Å²) >= 11 is 2.01. The second-order valence-electron chi connectivity index (χ2n) is 6.14. The minimum Gasteiger partial charge on any atom is -0.313 e. The van der Waals surface area contributed by atoms with E-state index < -0.39 is 10.0 Å². The minimum absolute atomic E-state index is 0.419. The van der Waals surface area contributed by atoms with E-state index in [0.717, 1.165) is 13.0 Å². The lowest BCUT2D eigenvalue weighted by atomic mass is 9.88. The van der Waals surface area contributed by atoms with Crippen LogP contribution in [-0.2, 0) is 10.0 Å². The minimum atomic E-state index is -3.04. The highest BCUT2D eigenvalue weighted by Gasteiger charge is 2.27.